The van der Waals surface area contributed by atoms with Crippen LogP contribution < -0.4 is 20.6 Å². The van der Waals surface area contributed by atoms with Gasteiger partial charge in [-0.2, -0.15) is 0 Å². The Morgan fingerprint density at radius 2 is 1.72 bits per heavy atom. The second kappa shape index (κ2) is 13.4. The number of rotatable bonds is 8. The predicted molar refractivity (Wildman–Crippen MR) is 168 cm³/mol. The molecular formula is C27H24BClFN4O14PS. The van der Waals surface area contributed by atoms with Crippen LogP contribution in [0.4, 0.5) is 14.0 Å². The fourth-order valence-corrected chi connectivity index (χ4v) is 7.59. The fraction of sp³-hybridized carbons (Fsp3) is 0.185. The van der Waals surface area contributed by atoms with Gasteiger partial charge in [0.1, 0.15) is 33.1 Å². The lowest BCUT2D eigenvalue weighted by atomic mass is 9.72. The molecule has 18 nitrogen and oxygen atoms in total. The number of hydrogen-bond donors (Lipinski definition) is 8. The van der Waals surface area contributed by atoms with Crippen molar-refractivity contribution in [1.29, 1.82) is 0 Å². The average Bonchev–Trinajstić information content (AvgIpc) is 3.44. The molecule has 0 bridgehead atoms. The van der Waals surface area contributed by atoms with E-state index in [0.29, 0.717) is 4.90 Å². The van der Waals surface area contributed by atoms with Gasteiger partial charge >= 0.3 is 32.7 Å². The number of hydrogen-bond acceptors (Lipinski definition) is 11. The minimum absolute atomic E-state index is 0.0944. The van der Waals surface area contributed by atoms with Crippen LogP contribution >= 0.6 is 19.2 Å². The zero-order valence-electron chi connectivity index (χ0n) is 24.9. The Balaban J connectivity index is 1.40. The minimum Gasteiger partial charge on any atom is -0.534 e. The van der Waals surface area contributed by atoms with Crippen molar-refractivity contribution in [2.45, 2.75) is 23.3 Å². The summed E-state index contributed by atoms with van der Waals surface area (Å²) in [6.45, 7) is -1.13. The molecular weight excluding hydrogens is 733 g/mol. The maximum Gasteiger partial charge on any atom is 0.547 e. The zero-order valence-corrected chi connectivity index (χ0v) is 27.4. The van der Waals surface area contributed by atoms with Crippen molar-refractivity contribution in [3.05, 3.63) is 76.1 Å². The highest BCUT2D eigenvalue weighted by atomic mass is 35.5. The Morgan fingerprint density at radius 3 is 2.34 bits per heavy atom. The second-order valence-corrected chi connectivity index (χ2v) is 14.6. The van der Waals surface area contributed by atoms with Crippen LogP contribution in [0.2, 0.25) is 5.02 Å². The normalized spacial score (nSPS) is 16.8. The summed E-state index contributed by atoms with van der Waals surface area (Å²) in [6.07, 6.45) is -0.284. The number of benzene rings is 3. The third-order valence-electron chi connectivity index (χ3n) is 7.69. The van der Waals surface area contributed by atoms with E-state index in [2.05, 4.69) is 10.6 Å². The van der Waals surface area contributed by atoms with Crippen LogP contribution in [0.3, 0.4) is 0 Å². The molecule has 2 unspecified atom stereocenters. The van der Waals surface area contributed by atoms with E-state index in [0.717, 1.165) is 42.5 Å². The molecule has 3 aromatic carbocycles. The first-order valence-electron chi connectivity index (χ1n) is 14.0. The van der Waals surface area contributed by atoms with E-state index in [1.807, 2.05) is 0 Å². The molecule has 2 aliphatic rings. The van der Waals surface area contributed by atoms with Crippen LogP contribution in [-0.2, 0) is 25.8 Å². The molecule has 1 saturated heterocycles. The quantitative estimate of drug-likeness (QED) is 0.0879. The standard InChI is InChI=1S/C27H24BClFN4O14PS/c29-20-17(8-7-16(35)22(20)36)50(46,47)34-10-9-33(27(34)41)26(40)32-21(12-1-4-14(5-2-12)49(43,44)45)24(37)31-18-11-13-3-6-15(30)19(25(38)39)23(13)48-28(18)42/h1-8,18,21,35-36,42H,9-11H2,(H,31,37)(H,32,40)(H,38,39)(H2,43,44,45). The number of phenolic OH excluding ortho intramolecular Hbond substituents is 2. The number of nitrogens with one attached hydrogen (secondary N) is 2. The zero-order chi connectivity index (χ0) is 36.9. The molecule has 0 aliphatic carbocycles. The third-order valence-corrected chi connectivity index (χ3v) is 11.0. The van der Waals surface area contributed by atoms with Gasteiger partial charge in [0.05, 0.1) is 24.3 Å². The molecule has 0 radical (unpaired) electrons. The molecule has 264 valence electrons. The van der Waals surface area contributed by atoms with E-state index in [4.69, 9.17) is 16.3 Å². The number of sulfonamides is 1. The van der Waals surface area contributed by atoms with Crippen molar-refractivity contribution in [3.8, 4) is 17.2 Å². The van der Waals surface area contributed by atoms with Crippen molar-refractivity contribution >= 4 is 65.6 Å². The van der Waals surface area contributed by atoms with Crippen molar-refractivity contribution in [3.63, 3.8) is 0 Å². The van der Waals surface area contributed by atoms with Crippen molar-refractivity contribution < 1.29 is 71.3 Å². The summed E-state index contributed by atoms with van der Waals surface area (Å²) in [5.74, 6) is -7.40. The highest BCUT2D eigenvalue weighted by molar-refractivity contribution is 7.89. The van der Waals surface area contributed by atoms with E-state index in [-0.39, 0.29) is 21.9 Å². The first kappa shape index (κ1) is 36.4. The van der Waals surface area contributed by atoms with Crippen LogP contribution in [0.15, 0.2) is 53.4 Å². The third kappa shape index (κ3) is 6.78. The maximum absolute atomic E-state index is 14.2. The van der Waals surface area contributed by atoms with Gasteiger partial charge in [-0.3, -0.25) is 9.36 Å². The molecule has 0 saturated carbocycles. The number of nitrogens with zero attached hydrogens (tertiary/aromatic N) is 2. The number of halogens is 2. The number of phenols is 2. The lowest BCUT2D eigenvalue weighted by Gasteiger charge is -2.30. The monoisotopic (exact) mass is 756 g/mol. The van der Waals surface area contributed by atoms with Crippen LogP contribution in [0.25, 0.3) is 0 Å². The summed E-state index contributed by atoms with van der Waals surface area (Å²) < 4.78 is 57.8. The van der Waals surface area contributed by atoms with Gasteiger partial charge in [0.25, 0.3) is 10.0 Å². The van der Waals surface area contributed by atoms with Gasteiger partial charge in [-0.05, 0) is 47.9 Å². The molecule has 1 fully saturated rings. The van der Waals surface area contributed by atoms with Gasteiger partial charge in [0.15, 0.2) is 11.5 Å². The largest absolute Gasteiger partial charge is 0.547 e. The first-order chi connectivity index (χ1) is 23.3. The highest BCUT2D eigenvalue weighted by Gasteiger charge is 2.44. The molecule has 23 heteroatoms. The van der Waals surface area contributed by atoms with Gasteiger partial charge in [-0.1, -0.05) is 29.8 Å². The summed E-state index contributed by atoms with van der Waals surface area (Å²) in [7, 11) is -11.5. The SMILES string of the molecule is O=C(O)c1c(F)ccc2c1OB(O)C(NC(=O)C(NC(=O)N1CCN(S(=O)(=O)c3ccc(O)c(O)c3Cl)C1=O)c1ccc(P(=O)(O)O)cc1)C2. The van der Waals surface area contributed by atoms with Crippen LogP contribution in [-0.4, -0.2) is 97.8 Å². The molecule has 3 aromatic rings. The summed E-state index contributed by atoms with van der Waals surface area (Å²) in [6, 6.07) is 3.27. The number of fused-ring (bicyclic) bond motifs is 1. The number of aromatic carboxylic acids is 1. The van der Waals surface area contributed by atoms with Gasteiger partial charge in [-0.25, -0.2) is 36.4 Å². The topological polar surface area (TPSA) is 281 Å². The lowest BCUT2D eigenvalue weighted by Crippen LogP contribution is -2.56. The molecule has 0 aromatic heterocycles. The summed E-state index contributed by atoms with van der Waals surface area (Å²) in [5.41, 5.74) is -0.855. The Morgan fingerprint density at radius 1 is 1.06 bits per heavy atom. The second-order valence-electron chi connectivity index (χ2n) is 10.8. The van der Waals surface area contributed by atoms with Crippen molar-refractivity contribution in [2.75, 3.05) is 13.1 Å². The molecule has 2 heterocycles. The molecule has 2 atom stereocenters. The maximum atomic E-state index is 14.2. The lowest BCUT2D eigenvalue weighted by molar-refractivity contribution is -0.123. The summed E-state index contributed by atoms with van der Waals surface area (Å²) in [4.78, 5) is 70.5. The smallest absolute Gasteiger partial charge is 0.534 e. The average molecular weight is 757 g/mol. The highest BCUT2D eigenvalue weighted by Crippen LogP contribution is 2.39. The fourth-order valence-electron chi connectivity index (χ4n) is 5.17. The Kier molecular flexibility index (Phi) is 9.76. The van der Waals surface area contributed by atoms with Crippen molar-refractivity contribution in [2.24, 2.45) is 0 Å². The van der Waals surface area contributed by atoms with Crippen LogP contribution in [0, 0.1) is 5.82 Å². The van der Waals surface area contributed by atoms with Crippen LogP contribution in [0.1, 0.15) is 27.5 Å². The predicted octanol–water partition coefficient (Wildman–Crippen LogP) is 0.408. The number of carboxylic acids is 1. The molecule has 2 aliphatic heterocycles. The van der Waals surface area contributed by atoms with Gasteiger partial charge in [0.2, 0.25) is 5.91 Å². The van der Waals surface area contributed by atoms with E-state index < -0.39 is 118 Å². The van der Waals surface area contributed by atoms with E-state index in [1.54, 1.807) is 0 Å². The van der Waals surface area contributed by atoms with Gasteiger partial charge < -0.3 is 45.4 Å². The number of carbonyl (C=O) groups excluding carboxylic acids is 3. The molecule has 50 heavy (non-hydrogen) atoms. The number of carboxylic acid groups (broad SMARTS) is 1. The van der Waals surface area contributed by atoms with E-state index in [1.165, 1.54) is 6.07 Å². The summed E-state index contributed by atoms with van der Waals surface area (Å²) in [5, 5.41) is 42.9. The molecule has 5 rings (SSSR count). The Bertz CT molecular complexity index is 2090. The Labute approximate surface area is 286 Å². The minimum atomic E-state index is -4.80. The van der Waals surface area contributed by atoms with Gasteiger partial charge in [0, 0.05) is 0 Å². The van der Waals surface area contributed by atoms with Crippen LogP contribution in [0.5, 0.6) is 17.2 Å². The molecule has 8 N–H and O–H groups in total. The summed E-state index contributed by atoms with van der Waals surface area (Å²) >= 11 is 5.88. The number of aromatic hydroxyl groups is 2. The molecule has 0 spiro atoms. The van der Waals surface area contributed by atoms with Crippen molar-refractivity contribution in [1.82, 2.24) is 19.8 Å². The van der Waals surface area contributed by atoms with E-state index >= 15 is 0 Å². The number of urea groups is 2. The van der Waals surface area contributed by atoms with Gasteiger partial charge in [-0.15, -0.1) is 0 Å². The number of imide groups is 1. The number of amides is 5. The van der Waals surface area contributed by atoms with E-state index in [9.17, 15) is 66.7 Å². The number of carbonyl (C=O) groups is 4. The first-order valence-corrected chi connectivity index (χ1v) is 17.5. The Hall–Kier alpha value is -4.92. The molecule has 5 amide bonds.